The van der Waals surface area contributed by atoms with Gasteiger partial charge in [0.2, 0.25) is 11.8 Å². The number of ether oxygens (including phenoxy) is 2. The minimum absolute atomic E-state index is 0.190. The highest BCUT2D eigenvalue weighted by molar-refractivity contribution is 5.90. The average molecular weight is 442 g/mol. The maximum Gasteiger partial charge on any atom is 0.408 e. The van der Waals surface area contributed by atoms with Crippen LogP contribution >= 0.6 is 0 Å². The number of benzene rings is 2. The van der Waals surface area contributed by atoms with Gasteiger partial charge in [0.1, 0.15) is 30.0 Å². The lowest BCUT2D eigenvalue weighted by atomic mass is 10.0. The Hall–Kier alpha value is -3.55. The molecule has 0 unspecified atom stereocenters. The van der Waals surface area contributed by atoms with Crippen molar-refractivity contribution in [3.05, 3.63) is 65.7 Å². The topological polar surface area (TPSA) is 120 Å². The highest BCUT2D eigenvalue weighted by Gasteiger charge is 2.26. The van der Waals surface area contributed by atoms with Gasteiger partial charge in [0, 0.05) is 6.42 Å². The second kappa shape index (κ2) is 11.2. The van der Waals surface area contributed by atoms with E-state index in [9.17, 15) is 14.4 Å². The first-order valence-corrected chi connectivity index (χ1v) is 10.4. The summed E-state index contributed by atoms with van der Waals surface area (Å²) >= 11 is 0. The van der Waals surface area contributed by atoms with E-state index in [1.807, 2.05) is 42.5 Å². The summed E-state index contributed by atoms with van der Waals surface area (Å²) in [6, 6.07) is 15.2. The molecule has 0 aliphatic rings. The highest BCUT2D eigenvalue weighted by Crippen LogP contribution is 2.16. The van der Waals surface area contributed by atoms with Crippen LogP contribution in [0.5, 0.6) is 5.75 Å². The molecule has 4 N–H and O–H groups in total. The van der Waals surface area contributed by atoms with Gasteiger partial charge in [-0.3, -0.25) is 9.59 Å². The molecule has 0 bridgehead atoms. The molecular weight excluding hydrogens is 410 g/mol. The van der Waals surface area contributed by atoms with E-state index in [1.54, 1.807) is 32.9 Å². The van der Waals surface area contributed by atoms with Crippen LogP contribution in [0.1, 0.15) is 38.8 Å². The molecule has 2 atom stereocenters. The van der Waals surface area contributed by atoms with Gasteiger partial charge in [-0.1, -0.05) is 42.5 Å². The molecule has 0 aliphatic heterocycles. The second-order valence-electron chi connectivity index (χ2n) is 8.45. The number of rotatable bonds is 9. The predicted octanol–water partition coefficient (Wildman–Crippen LogP) is 2.69. The molecule has 0 spiro atoms. The number of carbonyl (C=O) groups is 3. The molecular formula is C24H31N3O5. The fourth-order valence-corrected chi connectivity index (χ4v) is 2.74. The fraction of sp³-hybridized carbons (Fsp3) is 0.375. The van der Waals surface area contributed by atoms with Gasteiger partial charge in [-0.15, -0.1) is 0 Å². The molecule has 0 saturated carbocycles. The number of nitrogens with two attached hydrogens (primary N) is 1. The fourth-order valence-electron chi connectivity index (χ4n) is 2.74. The Labute approximate surface area is 188 Å². The molecule has 0 aromatic heterocycles. The molecule has 0 radical (unpaired) electrons. The summed E-state index contributed by atoms with van der Waals surface area (Å²) in [5.74, 6) is -0.526. The van der Waals surface area contributed by atoms with Crippen LogP contribution in [0.2, 0.25) is 0 Å². The molecule has 8 nitrogen and oxygen atoms in total. The van der Waals surface area contributed by atoms with E-state index in [4.69, 9.17) is 15.2 Å². The van der Waals surface area contributed by atoms with Crippen molar-refractivity contribution in [1.29, 1.82) is 0 Å². The molecule has 172 valence electrons. The summed E-state index contributed by atoms with van der Waals surface area (Å²) in [6.45, 7) is 7.10. The normalized spacial score (nSPS) is 12.9. The highest BCUT2D eigenvalue weighted by atomic mass is 16.6. The maximum absolute atomic E-state index is 12.7. The van der Waals surface area contributed by atoms with Gasteiger partial charge < -0.3 is 25.8 Å². The third-order valence-electron chi connectivity index (χ3n) is 4.40. The molecule has 2 aromatic carbocycles. The molecule has 8 heteroatoms. The lowest BCUT2D eigenvalue weighted by Gasteiger charge is -2.24. The third-order valence-corrected chi connectivity index (χ3v) is 4.40. The van der Waals surface area contributed by atoms with Crippen molar-refractivity contribution in [2.45, 2.75) is 58.4 Å². The molecule has 0 aliphatic carbocycles. The van der Waals surface area contributed by atoms with Gasteiger partial charge in [0.25, 0.3) is 0 Å². The summed E-state index contributed by atoms with van der Waals surface area (Å²) in [7, 11) is 0. The first-order chi connectivity index (χ1) is 15.0. The van der Waals surface area contributed by atoms with Crippen molar-refractivity contribution in [3.8, 4) is 5.75 Å². The number of amides is 3. The molecule has 32 heavy (non-hydrogen) atoms. The Morgan fingerprint density at radius 2 is 1.56 bits per heavy atom. The van der Waals surface area contributed by atoms with E-state index in [2.05, 4.69) is 10.6 Å². The van der Waals surface area contributed by atoms with E-state index in [0.717, 1.165) is 11.1 Å². The van der Waals surface area contributed by atoms with Gasteiger partial charge >= 0.3 is 6.09 Å². The quantitative estimate of drug-likeness (QED) is 0.553. The molecule has 2 aromatic rings. The first kappa shape index (κ1) is 24.7. The number of primary amides is 1. The van der Waals surface area contributed by atoms with Gasteiger partial charge in [0.05, 0.1) is 0 Å². The summed E-state index contributed by atoms with van der Waals surface area (Å²) < 4.78 is 11.0. The average Bonchev–Trinajstić information content (AvgIpc) is 2.72. The minimum atomic E-state index is -0.956. The number of hydrogen-bond donors (Lipinski definition) is 3. The molecule has 0 saturated heterocycles. The maximum atomic E-state index is 12.7. The summed E-state index contributed by atoms with van der Waals surface area (Å²) in [6.07, 6.45) is -0.539. The minimum Gasteiger partial charge on any atom is -0.489 e. The monoisotopic (exact) mass is 441 g/mol. The van der Waals surface area contributed by atoms with E-state index in [1.165, 1.54) is 6.92 Å². The number of hydrogen-bond acceptors (Lipinski definition) is 5. The van der Waals surface area contributed by atoms with Crippen LogP contribution < -0.4 is 21.1 Å². The van der Waals surface area contributed by atoms with Crippen LogP contribution in [0.25, 0.3) is 0 Å². The molecule has 2 rings (SSSR count). The van der Waals surface area contributed by atoms with Crippen molar-refractivity contribution < 1.29 is 23.9 Å². The summed E-state index contributed by atoms with van der Waals surface area (Å²) in [4.78, 5) is 36.2. The van der Waals surface area contributed by atoms with Crippen LogP contribution in [-0.2, 0) is 27.4 Å². The van der Waals surface area contributed by atoms with Gasteiger partial charge in [-0.25, -0.2) is 4.79 Å². The third kappa shape index (κ3) is 8.67. The zero-order valence-electron chi connectivity index (χ0n) is 18.9. The molecule has 0 heterocycles. The smallest absolute Gasteiger partial charge is 0.408 e. The van der Waals surface area contributed by atoms with Crippen molar-refractivity contribution in [2.24, 2.45) is 5.73 Å². The zero-order valence-corrected chi connectivity index (χ0v) is 18.9. The Balaban J connectivity index is 2.05. The lowest BCUT2D eigenvalue weighted by Crippen LogP contribution is -2.53. The Bertz CT molecular complexity index is 907. The summed E-state index contributed by atoms with van der Waals surface area (Å²) in [5.41, 5.74) is 6.36. The molecule has 0 fully saturated rings. The Kier molecular flexibility index (Phi) is 8.63. The number of alkyl carbamates (subject to hydrolysis) is 1. The summed E-state index contributed by atoms with van der Waals surface area (Å²) in [5, 5.41) is 5.08. The van der Waals surface area contributed by atoms with Crippen LogP contribution in [0, 0.1) is 0 Å². The van der Waals surface area contributed by atoms with Crippen molar-refractivity contribution in [3.63, 3.8) is 0 Å². The number of carbonyl (C=O) groups excluding carboxylic acids is 3. The zero-order chi connectivity index (χ0) is 23.7. The van der Waals surface area contributed by atoms with Crippen LogP contribution in [-0.4, -0.2) is 35.6 Å². The Morgan fingerprint density at radius 3 is 2.12 bits per heavy atom. The van der Waals surface area contributed by atoms with Crippen molar-refractivity contribution in [2.75, 3.05) is 0 Å². The van der Waals surface area contributed by atoms with Crippen molar-refractivity contribution >= 4 is 17.9 Å². The largest absolute Gasteiger partial charge is 0.489 e. The van der Waals surface area contributed by atoms with Crippen LogP contribution in [0.15, 0.2) is 54.6 Å². The van der Waals surface area contributed by atoms with Crippen LogP contribution in [0.4, 0.5) is 4.79 Å². The van der Waals surface area contributed by atoms with Gasteiger partial charge in [0.15, 0.2) is 0 Å². The second-order valence-corrected chi connectivity index (χ2v) is 8.45. The Morgan fingerprint density at radius 1 is 0.938 bits per heavy atom. The van der Waals surface area contributed by atoms with Gasteiger partial charge in [-0.05, 0) is 51.0 Å². The van der Waals surface area contributed by atoms with Crippen molar-refractivity contribution in [1.82, 2.24) is 10.6 Å². The molecule has 3 amide bonds. The predicted molar refractivity (Wildman–Crippen MR) is 121 cm³/mol. The number of nitrogens with one attached hydrogen (secondary N) is 2. The van der Waals surface area contributed by atoms with E-state index in [-0.39, 0.29) is 6.42 Å². The first-order valence-electron chi connectivity index (χ1n) is 10.4. The van der Waals surface area contributed by atoms with Crippen LogP contribution in [0.3, 0.4) is 0 Å². The SMILES string of the molecule is C[C@@H](NC(=O)[C@H](Cc1ccc(OCc2ccccc2)cc1)NC(=O)OC(C)(C)C)C(N)=O. The standard InChI is InChI=1S/C24H31N3O5/c1-16(21(25)28)26-22(29)20(27-23(30)32-24(2,3)4)14-17-10-12-19(13-11-17)31-15-18-8-6-5-7-9-18/h5-13,16,20H,14-15H2,1-4H3,(H2,25,28)(H,26,29)(H,27,30)/t16-,20+/m1/s1. The van der Waals surface area contributed by atoms with E-state index in [0.29, 0.717) is 12.4 Å². The van der Waals surface area contributed by atoms with E-state index >= 15 is 0 Å². The van der Waals surface area contributed by atoms with E-state index < -0.39 is 35.6 Å². The van der Waals surface area contributed by atoms with Gasteiger partial charge in [-0.2, -0.15) is 0 Å². The lowest BCUT2D eigenvalue weighted by molar-refractivity contribution is -0.128.